The molecule has 0 aliphatic heterocycles. The molecule has 0 N–H and O–H groups in total. The molecule has 0 spiro atoms. The van der Waals surface area contributed by atoms with Crippen molar-refractivity contribution in [3.63, 3.8) is 0 Å². The van der Waals surface area contributed by atoms with Crippen LogP contribution >= 0.6 is 0 Å². The van der Waals surface area contributed by atoms with Crippen LogP contribution in [0.4, 0.5) is 4.39 Å². The van der Waals surface area contributed by atoms with E-state index < -0.39 is 0 Å². The second-order valence-electron chi connectivity index (χ2n) is 11.3. The van der Waals surface area contributed by atoms with E-state index in [0.717, 1.165) is 49.7 Å². The lowest BCUT2D eigenvalue weighted by Gasteiger charge is -2.16. The van der Waals surface area contributed by atoms with Gasteiger partial charge in [-0.05, 0) is 71.8 Å². The summed E-state index contributed by atoms with van der Waals surface area (Å²) in [6, 6.07) is 47.5. The van der Waals surface area contributed by atoms with Crippen molar-refractivity contribution in [1.29, 1.82) is 10.5 Å². The SMILES string of the molecule is N#Cc1ccc2c(c1)c1cc(C#N)ccc1n2-c1cc(-c2cccc(F)c2)ccc1-c1nc(-c2ccccc2)nc(-c2ccccc2)n1. The Morgan fingerprint density at radius 3 is 1.54 bits per heavy atom. The average molecular weight is 619 g/mol. The van der Waals surface area contributed by atoms with Crippen LogP contribution in [0.15, 0.2) is 140 Å². The molecule has 6 nitrogen and oxygen atoms in total. The number of fused-ring (bicyclic) bond motifs is 3. The Hall–Kier alpha value is -6.96. The highest BCUT2D eigenvalue weighted by Crippen LogP contribution is 2.39. The van der Waals surface area contributed by atoms with Crippen molar-refractivity contribution in [2.75, 3.05) is 0 Å². The van der Waals surface area contributed by atoms with E-state index >= 15 is 0 Å². The molecule has 0 saturated heterocycles. The summed E-state index contributed by atoms with van der Waals surface area (Å²) < 4.78 is 16.6. The van der Waals surface area contributed by atoms with Crippen molar-refractivity contribution in [2.24, 2.45) is 0 Å². The molecule has 0 bridgehead atoms. The molecular weight excluding hydrogens is 595 g/mol. The highest BCUT2D eigenvalue weighted by atomic mass is 19.1. The first kappa shape index (κ1) is 28.5. The molecule has 0 fully saturated rings. The highest BCUT2D eigenvalue weighted by molar-refractivity contribution is 6.10. The maximum absolute atomic E-state index is 14.5. The van der Waals surface area contributed by atoms with Gasteiger partial charge in [0.1, 0.15) is 5.82 Å². The van der Waals surface area contributed by atoms with Crippen LogP contribution in [0.25, 0.3) is 72.8 Å². The summed E-state index contributed by atoms with van der Waals surface area (Å²) in [5, 5.41) is 21.2. The summed E-state index contributed by atoms with van der Waals surface area (Å²) >= 11 is 0. The average Bonchev–Trinajstić information content (AvgIpc) is 3.47. The van der Waals surface area contributed by atoms with Crippen LogP contribution < -0.4 is 0 Å². The van der Waals surface area contributed by atoms with E-state index in [4.69, 9.17) is 15.0 Å². The van der Waals surface area contributed by atoms with Crippen LogP contribution in [0.1, 0.15) is 11.1 Å². The van der Waals surface area contributed by atoms with Crippen molar-refractivity contribution in [3.8, 4) is 63.1 Å². The van der Waals surface area contributed by atoms with Gasteiger partial charge in [-0.25, -0.2) is 19.3 Å². The van der Waals surface area contributed by atoms with E-state index in [2.05, 4.69) is 16.7 Å². The van der Waals surface area contributed by atoms with Gasteiger partial charge in [-0.3, -0.25) is 0 Å². The number of hydrogen-bond acceptors (Lipinski definition) is 5. The van der Waals surface area contributed by atoms with Crippen molar-refractivity contribution in [1.82, 2.24) is 19.5 Å². The largest absolute Gasteiger partial charge is 0.308 e. The first-order chi connectivity index (χ1) is 23.6. The van der Waals surface area contributed by atoms with E-state index in [1.54, 1.807) is 18.2 Å². The van der Waals surface area contributed by atoms with Gasteiger partial charge in [0.05, 0.1) is 40.0 Å². The zero-order valence-corrected chi connectivity index (χ0v) is 25.3. The first-order valence-corrected chi connectivity index (χ1v) is 15.3. The second-order valence-corrected chi connectivity index (χ2v) is 11.3. The fourth-order valence-corrected chi connectivity index (χ4v) is 6.10. The van der Waals surface area contributed by atoms with Gasteiger partial charge in [0, 0.05) is 27.5 Å². The molecule has 2 heterocycles. The summed E-state index contributed by atoms with van der Waals surface area (Å²) in [5.74, 6) is 1.18. The van der Waals surface area contributed by atoms with Crippen LogP contribution in [0, 0.1) is 28.5 Å². The minimum absolute atomic E-state index is 0.333. The zero-order chi connectivity index (χ0) is 32.6. The maximum atomic E-state index is 14.5. The second kappa shape index (κ2) is 11.8. The van der Waals surface area contributed by atoms with Gasteiger partial charge in [0.15, 0.2) is 17.5 Å². The summed E-state index contributed by atoms with van der Waals surface area (Å²) in [6.45, 7) is 0. The molecule has 48 heavy (non-hydrogen) atoms. The molecule has 224 valence electrons. The lowest BCUT2D eigenvalue weighted by atomic mass is 10.0. The third-order valence-electron chi connectivity index (χ3n) is 8.36. The quantitative estimate of drug-likeness (QED) is 0.192. The lowest BCUT2D eigenvalue weighted by Crippen LogP contribution is -2.04. The Bertz CT molecular complexity index is 2470. The van der Waals surface area contributed by atoms with Gasteiger partial charge >= 0.3 is 0 Å². The number of hydrogen-bond donors (Lipinski definition) is 0. The molecule has 0 unspecified atom stereocenters. The fraction of sp³-hybridized carbons (Fsp3) is 0. The van der Waals surface area contributed by atoms with Crippen LogP contribution in [0.5, 0.6) is 0 Å². The molecular formula is C41H23FN6. The number of nitrogens with zero attached hydrogens (tertiary/aromatic N) is 6. The molecule has 8 rings (SSSR count). The van der Waals surface area contributed by atoms with Gasteiger partial charge in [0.2, 0.25) is 0 Å². The summed E-state index contributed by atoms with van der Waals surface area (Å²) in [7, 11) is 0. The molecule has 8 aromatic rings. The Labute approximate surface area is 275 Å². The summed E-state index contributed by atoms with van der Waals surface area (Å²) in [5.41, 5.74) is 7.36. The summed E-state index contributed by atoms with van der Waals surface area (Å²) in [4.78, 5) is 14.9. The van der Waals surface area contributed by atoms with Gasteiger partial charge in [0.25, 0.3) is 0 Å². The molecule has 0 saturated carbocycles. The van der Waals surface area contributed by atoms with Crippen LogP contribution in [0.3, 0.4) is 0 Å². The normalized spacial score (nSPS) is 11.0. The Morgan fingerprint density at radius 1 is 0.479 bits per heavy atom. The van der Waals surface area contributed by atoms with E-state index in [-0.39, 0.29) is 5.82 Å². The predicted octanol–water partition coefficient (Wildman–Crippen LogP) is 9.52. The third kappa shape index (κ3) is 5.02. The number of rotatable bonds is 5. The van der Waals surface area contributed by atoms with E-state index in [9.17, 15) is 14.9 Å². The van der Waals surface area contributed by atoms with Crippen molar-refractivity contribution in [2.45, 2.75) is 0 Å². The summed E-state index contributed by atoms with van der Waals surface area (Å²) in [6.07, 6.45) is 0. The van der Waals surface area contributed by atoms with E-state index in [1.165, 1.54) is 12.1 Å². The molecule has 2 aromatic heterocycles. The van der Waals surface area contributed by atoms with Crippen molar-refractivity contribution in [3.05, 3.63) is 156 Å². The van der Waals surface area contributed by atoms with Gasteiger partial charge < -0.3 is 4.57 Å². The Balaban J connectivity index is 1.47. The number of halogens is 1. The van der Waals surface area contributed by atoms with E-state index in [1.807, 2.05) is 109 Å². The van der Waals surface area contributed by atoms with Crippen LogP contribution in [-0.4, -0.2) is 19.5 Å². The topological polar surface area (TPSA) is 91.2 Å². The predicted molar refractivity (Wildman–Crippen MR) is 185 cm³/mol. The Kier molecular flexibility index (Phi) is 6.98. The Morgan fingerprint density at radius 2 is 1.00 bits per heavy atom. The molecule has 0 aliphatic carbocycles. The molecule has 0 radical (unpaired) electrons. The fourth-order valence-electron chi connectivity index (χ4n) is 6.10. The number of benzene rings is 6. The smallest absolute Gasteiger partial charge is 0.166 e. The minimum Gasteiger partial charge on any atom is -0.308 e. The molecule has 0 aliphatic rings. The maximum Gasteiger partial charge on any atom is 0.166 e. The van der Waals surface area contributed by atoms with Gasteiger partial charge in [-0.1, -0.05) is 78.9 Å². The standard InChI is InChI=1S/C41H23FN6/c42-32-13-7-12-30(22-32)31-16-17-33(41-46-39(28-8-3-1-4-9-28)45-40(47-41)29-10-5-2-6-11-29)38(23-31)48-36-18-14-26(24-43)20-34(36)35-21-27(25-44)15-19-37(35)48/h1-23H. The molecule has 6 aromatic carbocycles. The van der Waals surface area contributed by atoms with Crippen LogP contribution in [-0.2, 0) is 0 Å². The van der Waals surface area contributed by atoms with Crippen molar-refractivity contribution >= 4 is 21.8 Å². The third-order valence-corrected chi connectivity index (χ3v) is 8.36. The monoisotopic (exact) mass is 618 g/mol. The van der Waals surface area contributed by atoms with Crippen LogP contribution in [0.2, 0.25) is 0 Å². The molecule has 0 amide bonds. The molecule has 0 atom stereocenters. The van der Waals surface area contributed by atoms with E-state index in [0.29, 0.717) is 34.2 Å². The first-order valence-electron chi connectivity index (χ1n) is 15.3. The molecule has 7 heteroatoms. The highest BCUT2D eigenvalue weighted by Gasteiger charge is 2.21. The zero-order valence-electron chi connectivity index (χ0n) is 25.3. The number of aromatic nitrogens is 4. The number of nitriles is 2. The van der Waals surface area contributed by atoms with Crippen molar-refractivity contribution < 1.29 is 4.39 Å². The minimum atomic E-state index is -0.333. The lowest BCUT2D eigenvalue weighted by molar-refractivity contribution is 0.628. The van der Waals surface area contributed by atoms with Gasteiger partial charge in [-0.2, -0.15) is 10.5 Å². The van der Waals surface area contributed by atoms with Gasteiger partial charge in [-0.15, -0.1) is 0 Å².